The number of hydrogen-bond acceptors (Lipinski definition) is 5. The minimum Gasteiger partial charge on any atom is -0.508 e. The van der Waals surface area contributed by atoms with Gasteiger partial charge in [-0.3, -0.25) is 0 Å². The Bertz CT molecular complexity index is 499. The monoisotopic (exact) mass is 224 g/mol. The number of aliphatic hydroxyl groups is 1. The average molecular weight is 224 g/mol. The van der Waals surface area contributed by atoms with E-state index in [2.05, 4.69) is 10.1 Å². The van der Waals surface area contributed by atoms with Crippen LogP contribution in [0.2, 0.25) is 0 Å². The summed E-state index contributed by atoms with van der Waals surface area (Å²) in [6.07, 6.45) is 0.253. The molecule has 2 N–H and O–H groups in total. The van der Waals surface area contributed by atoms with Gasteiger partial charge in [0.15, 0.2) is 5.82 Å². The van der Waals surface area contributed by atoms with Gasteiger partial charge in [-0.1, -0.05) is 5.16 Å². The molecule has 0 saturated carbocycles. The van der Waals surface area contributed by atoms with Crippen molar-refractivity contribution in [3.8, 4) is 17.2 Å². The summed E-state index contributed by atoms with van der Waals surface area (Å²) < 4.78 is 18.2. The third-order valence-corrected chi connectivity index (χ3v) is 1.99. The van der Waals surface area contributed by atoms with Crippen LogP contribution in [0.1, 0.15) is 5.82 Å². The van der Waals surface area contributed by atoms with Crippen LogP contribution < -0.4 is 0 Å². The molecule has 0 radical (unpaired) electrons. The molecule has 0 fully saturated rings. The first-order valence-corrected chi connectivity index (χ1v) is 4.63. The lowest BCUT2D eigenvalue weighted by molar-refractivity contribution is 0.293. The fourth-order valence-corrected chi connectivity index (χ4v) is 1.24. The van der Waals surface area contributed by atoms with Crippen LogP contribution in [0.25, 0.3) is 11.5 Å². The van der Waals surface area contributed by atoms with E-state index in [1.807, 2.05) is 0 Å². The van der Waals surface area contributed by atoms with E-state index in [9.17, 15) is 4.39 Å². The second-order valence-corrected chi connectivity index (χ2v) is 3.15. The first kappa shape index (κ1) is 10.6. The van der Waals surface area contributed by atoms with Crippen molar-refractivity contribution in [2.45, 2.75) is 6.42 Å². The van der Waals surface area contributed by atoms with Gasteiger partial charge in [0.05, 0.1) is 12.2 Å². The number of aromatic nitrogens is 2. The molecule has 1 aromatic heterocycles. The lowest BCUT2D eigenvalue weighted by atomic mass is 10.2. The van der Waals surface area contributed by atoms with Crippen LogP contribution in [0.3, 0.4) is 0 Å². The first-order chi connectivity index (χ1) is 7.70. The number of phenols is 1. The maximum Gasteiger partial charge on any atom is 0.260 e. The number of rotatable bonds is 3. The lowest BCUT2D eigenvalue weighted by Crippen LogP contribution is -1.92. The van der Waals surface area contributed by atoms with Crippen molar-refractivity contribution in [1.29, 1.82) is 0 Å². The fraction of sp³-hybridized carbons (Fsp3) is 0.200. The predicted molar refractivity (Wildman–Crippen MR) is 52.1 cm³/mol. The third kappa shape index (κ3) is 2.01. The zero-order chi connectivity index (χ0) is 11.5. The normalized spacial score (nSPS) is 10.6. The SMILES string of the molecule is OCCc1noc(-c2ccc(O)cc2F)n1. The number of nitrogens with zero attached hydrogens (tertiary/aromatic N) is 2. The van der Waals surface area contributed by atoms with Gasteiger partial charge < -0.3 is 14.7 Å². The molecule has 2 aromatic rings. The van der Waals surface area contributed by atoms with E-state index in [0.717, 1.165) is 6.07 Å². The number of aromatic hydroxyl groups is 1. The second kappa shape index (κ2) is 4.28. The summed E-state index contributed by atoms with van der Waals surface area (Å²) >= 11 is 0. The largest absolute Gasteiger partial charge is 0.508 e. The minimum atomic E-state index is -0.640. The molecule has 84 valence electrons. The van der Waals surface area contributed by atoms with Gasteiger partial charge in [0, 0.05) is 12.5 Å². The molecule has 0 amide bonds. The van der Waals surface area contributed by atoms with Crippen LogP contribution in [-0.2, 0) is 6.42 Å². The summed E-state index contributed by atoms with van der Waals surface area (Å²) in [5.41, 5.74) is 0.120. The van der Waals surface area contributed by atoms with Crippen LogP contribution in [0.15, 0.2) is 22.7 Å². The number of hydrogen-bond donors (Lipinski definition) is 2. The van der Waals surface area contributed by atoms with Gasteiger partial charge in [0.25, 0.3) is 5.89 Å². The zero-order valence-corrected chi connectivity index (χ0v) is 8.22. The molecule has 1 heterocycles. The Hall–Kier alpha value is -1.95. The molecular weight excluding hydrogens is 215 g/mol. The van der Waals surface area contributed by atoms with E-state index in [4.69, 9.17) is 14.7 Å². The summed E-state index contributed by atoms with van der Waals surface area (Å²) in [6.45, 7) is -0.100. The predicted octanol–water partition coefficient (Wildman–Crippen LogP) is 1.12. The van der Waals surface area contributed by atoms with E-state index >= 15 is 0 Å². The van der Waals surface area contributed by atoms with Gasteiger partial charge in [-0.2, -0.15) is 4.98 Å². The van der Waals surface area contributed by atoms with E-state index in [0.29, 0.717) is 5.82 Å². The summed E-state index contributed by atoms with van der Waals surface area (Å²) in [5.74, 6) is -0.471. The van der Waals surface area contributed by atoms with Crippen molar-refractivity contribution < 1.29 is 19.1 Å². The highest BCUT2D eigenvalue weighted by Crippen LogP contribution is 2.24. The van der Waals surface area contributed by atoms with E-state index in [1.165, 1.54) is 12.1 Å². The molecule has 6 heteroatoms. The van der Waals surface area contributed by atoms with Gasteiger partial charge in [-0.15, -0.1) is 0 Å². The molecule has 5 nitrogen and oxygen atoms in total. The summed E-state index contributed by atoms with van der Waals surface area (Å²) in [5, 5.41) is 21.3. The van der Waals surface area contributed by atoms with Crippen molar-refractivity contribution in [3.05, 3.63) is 29.8 Å². The molecular formula is C10H9FN2O3. The standard InChI is InChI=1S/C10H9FN2O3/c11-8-5-6(15)1-2-7(8)10-12-9(3-4-14)13-16-10/h1-2,5,14-15H,3-4H2. The molecule has 0 atom stereocenters. The molecule has 2 rings (SSSR count). The molecule has 0 unspecified atom stereocenters. The number of phenolic OH excluding ortho intramolecular Hbond substituents is 1. The number of benzene rings is 1. The quantitative estimate of drug-likeness (QED) is 0.816. The maximum absolute atomic E-state index is 13.4. The molecule has 0 aliphatic carbocycles. The molecule has 16 heavy (non-hydrogen) atoms. The van der Waals surface area contributed by atoms with E-state index in [-0.39, 0.29) is 30.2 Å². The van der Waals surface area contributed by atoms with Crippen molar-refractivity contribution in [3.63, 3.8) is 0 Å². The first-order valence-electron chi connectivity index (χ1n) is 4.63. The Kier molecular flexibility index (Phi) is 2.82. The van der Waals surface area contributed by atoms with Gasteiger partial charge in [0.2, 0.25) is 0 Å². The topological polar surface area (TPSA) is 79.4 Å². The Labute approximate surface area is 90.2 Å². The van der Waals surface area contributed by atoms with Crippen molar-refractivity contribution in [1.82, 2.24) is 10.1 Å². The van der Waals surface area contributed by atoms with Crippen molar-refractivity contribution in [2.24, 2.45) is 0 Å². The Morgan fingerprint density at radius 1 is 1.38 bits per heavy atom. The van der Waals surface area contributed by atoms with Crippen molar-refractivity contribution >= 4 is 0 Å². The molecule has 0 bridgehead atoms. The highest BCUT2D eigenvalue weighted by molar-refractivity contribution is 5.55. The number of halogens is 1. The van der Waals surface area contributed by atoms with Crippen LogP contribution in [0, 0.1) is 5.82 Å². The van der Waals surface area contributed by atoms with Crippen LogP contribution in [-0.4, -0.2) is 27.0 Å². The molecule has 0 aliphatic rings. The molecule has 1 aromatic carbocycles. The average Bonchev–Trinajstić information content (AvgIpc) is 2.67. The van der Waals surface area contributed by atoms with Gasteiger partial charge in [0.1, 0.15) is 11.6 Å². The Morgan fingerprint density at radius 2 is 2.19 bits per heavy atom. The highest BCUT2D eigenvalue weighted by atomic mass is 19.1. The maximum atomic E-state index is 13.4. The smallest absolute Gasteiger partial charge is 0.260 e. The van der Waals surface area contributed by atoms with Crippen molar-refractivity contribution in [2.75, 3.05) is 6.61 Å². The van der Waals surface area contributed by atoms with Gasteiger partial charge >= 0.3 is 0 Å². The molecule has 0 spiro atoms. The summed E-state index contributed by atoms with van der Waals surface area (Å²) in [4.78, 5) is 3.90. The van der Waals surface area contributed by atoms with Crippen LogP contribution in [0.5, 0.6) is 5.75 Å². The molecule has 0 saturated heterocycles. The summed E-state index contributed by atoms with van der Waals surface area (Å²) in [6, 6.07) is 3.64. The third-order valence-electron chi connectivity index (χ3n) is 1.99. The van der Waals surface area contributed by atoms with Gasteiger partial charge in [-0.25, -0.2) is 4.39 Å². The Balaban J connectivity index is 2.35. The van der Waals surface area contributed by atoms with Crippen LogP contribution >= 0.6 is 0 Å². The van der Waals surface area contributed by atoms with Gasteiger partial charge in [-0.05, 0) is 12.1 Å². The lowest BCUT2D eigenvalue weighted by Gasteiger charge is -1.97. The van der Waals surface area contributed by atoms with Crippen LogP contribution in [0.4, 0.5) is 4.39 Å². The van der Waals surface area contributed by atoms with E-state index in [1.54, 1.807) is 0 Å². The van der Waals surface area contributed by atoms with E-state index < -0.39 is 5.82 Å². The summed E-state index contributed by atoms with van der Waals surface area (Å²) in [7, 11) is 0. The highest BCUT2D eigenvalue weighted by Gasteiger charge is 2.13. The minimum absolute atomic E-state index is 0.0287. The second-order valence-electron chi connectivity index (χ2n) is 3.15. The zero-order valence-electron chi connectivity index (χ0n) is 8.22. The number of aliphatic hydroxyl groups excluding tert-OH is 1. The fourth-order valence-electron chi connectivity index (χ4n) is 1.24. The Morgan fingerprint density at radius 3 is 2.88 bits per heavy atom. The molecule has 0 aliphatic heterocycles.